The first-order valence-electron chi connectivity index (χ1n) is 6.28. The normalized spacial score (nSPS) is 15.9. The molecule has 0 bridgehead atoms. The van der Waals surface area contributed by atoms with Crippen LogP contribution in [0.1, 0.15) is 30.1 Å². The number of carboxylic acids is 1. The van der Waals surface area contributed by atoms with Crippen molar-refractivity contribution in [2.75, 3.05) is 6.54 Å². The zero-order valence-electron chi connectivity index (χ0n) is 10.7. The fourth-order valence-electron chi connectivity index (χ4n) is 1.94. The fraction of sp³-hybridized carbons (Fsp3) is 0.429. The molecule has 2 rings (SSSR count). The summed E-state index contributed by atoms with van der Waals surface area (Å²) in [5.74, 6) is -1.59. The number of carbonyl (C=O) groups is 2. The Bertz CT molecular complexity index is 499. The Hall–Kier alpha value is -1.55. The predicted molar refractivity (Wildman–Crippen MR) is 72.3 cm³/mol. The first-order valence-corrected chi connectivity index (χ1v) is 6.66. The number of hydrogen-bond donors (Lipinski definition) is 1. The second-order valence-corrected chi connectivity index (χ2v) is 5.37. The van der Waals surface area contributed by atoms with E-state index in [0.29, 0.717) is 10.6 Å². The number of halogens is 1. The molecule has 0 spiro atoms. The van der Waals surface area contributed by atoms with Gasteiger partial charge < -0.3 is 10.0 Å². The SMILES string of the molecule is C[C@@H](CN(C(=O)c1cccc(Cl)c1)C1CC1)C(=O)O. The van der Waals surface area contributed by atoms with Crippen LogP contribution in [0.5, 0.6) is 0 Å². The van der Waals surface area contributed by atoms with E-state index in [9.17, 15) is 9.59 Å². The molecule has 4 nitrogen and oxygen atoms in total. The topological polar surface area (TPSA) is 57.6 Å². The maximum atomic E-state index is 12.4. The van der Waals surface area contributed by atoms with Crippen LogP contribution in [0, 0.1) is 5.92 Å². The van der Waals surface area contributed by atoms with Crippen molar-refractivity contribution < 1.29 is 14.7 Å². The average molecular weight is 282 g/mol. The first kappa shape index (κ1) is 13.9. The number of rotatable bonds is 5. The zero-order valence-corrected chi connectivity index (χ0v) is 11.4. The lowest BCUT2D eigenvalue weighted by Gasteiger charge is -2.24. The Kier molecular flexibility index (Phi) is 4.10. The van der Waals surface area contributed by atoms with Gasteiger partial charge in [0.25, 0.3) is 5.91 Å². The van der Waals surface area contributed by atoms with Gasteiger partial charge in [0.05, 0.1) is 5.92 Å². The van der Waals surface area contributed by atoms with Gasteiger partial charge in [-0.2, -0.15) is 0 Å². The fourth-order valence-corrected chi connectivity index (χ4v) is 2.13. The number of benzene rings is 1. The number of aliphatic carboxylic acids is 1. The van der Waals surface area contributed by atoms with E-state index in [-0.39, 0.29) is 18.5 Å². The summed E-state index contributed by atoms with van der Waals surface area (Å²) < 4.78 is 0. The summed E-state index contributed by atoms with van der Waals surface area (Å²) in [6.07, 6.45) is 1.89. The van der Waals surface area contributed by atoms with Crippen molar-refractivity contribution in [1.82, 2.24) is 4.90 Å². The molecule has 1 aliphatic carbocycles. The van der Waals surface area contributed by atoms with E-state index in [1.54, 1.807) is 36.1 Å². The Morgan fingerprint density at radius 3 is 2.68 bits per heavy atom. The summed E-state index contributed by atoms with van der Waals surface area (Å²) in [7, 11) is 0. The number of carboxylic acid groups (broad SMARTS) is 1. The largest absolute Gasteiger partial charge is 0.481 e. The average Bonchev–Trinajstić information content (AvgIpc) is 3.19. The van der Waals surface area contributed by atoms with Crippen LogP contribution < -0.4 is 0 Å². The van der Waals surface area contributed by atoms with Gasteiger partial charge in [-0.1, -0.05) is 24.6 Å². The second kappa shape index (κ2) is 5.61. The van der Waals surface area contributed by atoms with Crippen molar-refractivity contribution in [1.29, 1.82) is 0 Å². The Morgan fingerprint density at radius 2 is 2.16 bits per heavy atom. The van der Waals surface area contributed by atoms with Gasteiger partial charge >= 0.3 is 5.97 Å². The van der Waals surface area contributed by atoms with Crippen LogP contribution in [-0.2, 0) is 4.79 Å². The van der Waals surface area contributed by atoms with Gasteiger partial charge in [-0.05, 0) is 31.0 Å². The molecule has 0 unspecified atom stereocenters. The standard InChI is InChI=1S/C14H16ClNO3/c1-9(14(18)19)8-16(12-5-6-12)13(17)10-3-2-4-11(15)7-10/h2-4,7,9,12H,5-6,8H2,1H3,(H,18,19)/t9-/m0/s1. The van der Waals surface area contributed by atoms with Gasteiger partial charge in [0.1, 0.15) is 0 Å². The van der Waals surface area contributed by atoms with Crippen LogP contribution in [0.2, 0.25) is 5.02 Å². The highest BCUT2D eigenvalue weighted by Gasteiger charge is 2.34. The van der Waals surface area contributed by atoms with Crippen LogP contribution in [0.15, 0.2) is 24.3 Å². The quantitative estimate of drug-likeness (QED) is 0.903. The van der Waals surface area contributed by atoms with Gasteiger partial charge in [-0.25, -0.2) is 0 Å². The van der Waals surface area contributed by atoms with E-state index < -0.39 is 11.9 Å². The van der Waals surface area contributed by atoms with Crippen molar-refractivity contribution >= 4 is 23.5 Å². The first-order chi connectivity index (χ1) is 8.99. The van der Waals surface area contributed by atoms with Crippen molar-refractivity contribution in [3.05, 3.63) is 34.9 Å². The van der Waals surface area contributed by atoms with Crippen LogP contribution in [-0.4, -0.2) is 34.5 Å². The predicted octanol–water partition coefficient (Wildman–Crippen LogP) is 2.67. The Labute approximate surface area is 117 Å². The monoisotopic (exact) mass is 281 g/mol. The van der Waals surface area contributed by atoms with Crippen molar-refractivity contribution in [3.8, 4) is 0 Å². The smallest absolute Gasteiger partial charge is 0.308 e. The van der Waals surface area contributed by atoms with E-state index in [1.807, 2.05) is 0 Å². The van der Waals surface area contributed by atoms with E-state index in [0.717, 1.165) is 12.8 Å². The maximum absolute atomic E-state index is 12.4. The van der Waals surface area contributed by atoms with Gasteiger partial charge in [-0.15, -0.1) is 0 Å². The molecule has 1 aliphatic rings. The lowest BCUT2D eigenvalue weighted by atomic mass is 10.1. The van der Waals surface area contributed by atoms with Crippen LogP contribution in [0.25, 0.3) is 0 Å². The third-order valence-electron chi connectivity index (χ3n) is 3.21. The summed E-state index contributed by atoms with van der Waals surface area (Å²) in [4.78, 5) is 25.0. The minimum Gasteiger partial charge on any atom is -0.481 e. The summed E-state index contributed by atoms with van der Waals surface area (Å²) in [6, 6.07) is 6.93. The minimum absolute atomic E-state index is 0.141. The minimum atomic E-state index is -0.885. The molecule has 1 atom stereocenters. The number of amides is 1. The molecule has 1 aromatic carbocycles. The van der Waals surface area contributed by atoms with E-state index in [1.165, 1.54) is 0 Å². The molecule has 0 aliphatic heterocycles. The third kappa shape index (κ3) is 3.47. The number of carbonyl (C=O) groups excluding carboxylic acids is 1. The molecule has 1 aromatic rings. The van der Waals surface area contributed by atoms with Crippen LogP contribution >= 0.6 is 11.6 Å². The van der Waals surface area contributed by atoms with E-state index in [4.69, 9.17) is 16.7 Å². The Balaban J connectivity index is 2.15. The molecular weight excluding hydrogens is 266 g/mol. The maximum Gasteiger partial charge on any atom is 0.308 e. The van der Waals surface area contributed by atoms with Crippen LogP contribution in [0.3, 0.4) is 0 Å². The molecule has 1 saturated carbocycles. The highest BCUT2D eigenvalue weighted by molar-refractivity contribution is 6.30. The summed E-state index contributed by atoms with van der Waals surface area (Å²) in [6.45, 7) is 1.86. The molecule has 1 N–H and O–H groups in total. The molecule has 0 saturated heterocycles. The highest BCUT2D eigenvalue weighted by Crippen LogP contribution is 2.29. The zero-order chi connectivity index (χ0) is 14.0. The molecule has 0 heterocycles. The molecule has 1 fully saturated rings. The molecular formula is C14H16ClNO3. The van der Waals surface area contributed by atoms with E-state index >= 15 is 0 Å². The van der Waals surface area contributed by atoms with E-state index in [2.05, 4.69) is 0 Å². The van der Waals surface area contributed by atoms with Crippen molar-refractivity contribution in [2.24, 2.45) is 5.92 Å². The highest BCUT2D eigenvalue weighted by atomic mass is 35.5. The number of hydrogen-bond acceptors (Lipinski definition) is 2. The molecule has 0 radical (unpaired) electrons. The van der Waals surface area contributed by atoms with Crippen molar-refractivity contribution in [2.45, 2.75) is 25.8 Å². The lowest BCUT2D eigenvalue weighted by molar-refractivity contribution is -0.141. The molecule has 0 aromatic heterocycles. The lowest BCUT2D eigenvalue weighted by Crippen LogP contribution is -2.38. The number of nitrogens with zero attached hydrogens (tertiary/aromatic N) is 1. The summed E-state index contributed by atoms with van der Waals surface area (Å²) in [5.41, 5.74) is 0.511. The van der Waals surface area contributed by atoms with Crippen LogP contribution in [0.4, 0.5) is 0 Å². The van der Waals surface area contributed by atoms with Gasteiger partial charge in [0, 0.05) is 23.2 Å². The molecule has 5 heteroatoms. The summed E-state index contributed by atoms with van der Waals surface area (Å²) in [5, 5.41) is 9.48. The van der Waals surface area contributed by atoms with Gasteiger partial charge in [0.15, 0.2) is 0 Å². The van der Waals surface area contributed by atoms with Gasteiger partial charge in [0.2, 0.25) is 0 Å². The van der Waals surface area contributed by atoms with Crippen molar-refractivity contribution in [3.63, 3.8) is 0 Å². The summed E-state index contributed by atoms with van der Waals surface area (Å²) >= 11 is 5.88. The molecule has 19 heavy (non-hydrogen) atoms. The molecule has 102 valence electrons. The Morgan fingerprint density at radius 1 is 1.47 bits per heavy atom. The second-order valence-electron chi connectivity index (χ2n) is 4.94. The third-order valence-corrected chi connectivity index (χ3v) is 3.45. The molecule has 1 amide bonds. The van der Waals surface area contributed by atoms with Gasteiger partial charge in [-0.3, -0.25) is 9.59 Å².